The molecule has 0 radical (unpaired) electrons. The summed E-state index contributed by atoms with van der Waals surface area (Å²) in [5.41, 5.74) is 10.3. The van der Waals surface area contributed by atoms with Crippen molar-refractivity contribution in [1.29, 1.82) is 0 Å². The van der Waals surface area contributed by atoms with E-state index < -0.39 is 0 Å². The minimum Gasteiger partial charge on any atom is -0.489 e. The summed E-state index contributed by atoms with van der Waals surface area (Å²) >= 11 is 0. The molecule has 1 heterocycles. The van der Waals surface area contributed by atoms with Crippen LogP contribution in [0.1, 0.15) is 17.2 Å². The van der Waals surface area contributed by atoms with Gasteiger partial charge in [-0.15, -0.1) is 0 Å². The average molecular weight is 316 g/mol. The Morgan fingerprint density at radius 1 is 0.833 bits per heavy atom. The summed E-state index contributed by atoms with van der Waals surface area (Å²) in [7, 11) is 0. The third-order valence-corrected chi connectivity index (χ3v) is 4.43. The molecule has 4 rings (SSSR count). The largest absolute Gasteiger partial charge is 0.489 e. The highest BCUT2D eigenvalue weighted by Crippen LogP contribution is 2.40. The first-order chi connectivity index (χ1) is 11.8. The van der Waals surface area contributed by atoms with E-state index in [0.29, 0.717) is 6.61 Å². The molecule has 3 nitrogen and oxygen atoms in total. The number of nitrogens with zero attached hydrogens (tertiary/aromatic N) is 1. The third kappa shape index (κ3) is 2.69. The molecule has 1 aliphatic rings. The molecule has 0 saturated carbocycles. The Balaban J connectivity index is 1.84. The molecule has 120 valence electrons. The Hall–Kier alpha value is -2.94. The molecule has 0 amide bonds. The molecule has 0 atom stereocenters. The number of ether oxygens (including phenoxy) is 1. The second kappa shape index (κ2) is 6.28. The lowest BCUT2D eigenvalue weighted by Crippen LogP contribution is -2.36. The van der Waals surface area contributed by atoms with Gasteiger partial charge < -0.3 is 15.4 Å². The molecule has 0 spiro atoms. The van der Waals surface area contributed by atoms with Crippen molar-refractivity contribution in [2.45, 2.75) is 6.04 Å². The third-order valence-electron chi connectivity index (χ3n) is 4.43. The van der Waals surface area contributed by atoms with Crippen LogP contribution in [0.5, 0.6) is 5.75 Å². The number of fused-ring (bicyclic) bond motifs is 1. The van der Waals surface area contributed by atoms with Gasteiger partial charge in [0, 0.05) is 11.8 Å². The fourth-order valence-corrected chi connectivity index (χ4v) is 3.35. The maximum absolute atomic E-state index is 5.93. The minimum absolute atomic E-state index is 0.152. The van der Waals surface area contributed by atoms with Crippen molar-refractivity contribution < 1.29 is 4.74 Å². The first-order valence-electron chi connectivity index (χ1n) is 8.22. The second-order valence-corrected chi connectivity index (χ2v) is 5.99. The summed E-state index contributed by atoms with van der Waals surface area (Å²) in [6.45, 7) is 1.50. The van der Waals surface area contributed by atoms with E-state index in [9.17, 15) is 0 Å². The molecule has 0 fully saturated rings. The second-order valence-electron chi connectivity index (χ2n) is 5.99. The molecule has 0 aromatic heterocycles. The van der Waals surface area contributed by atoms with Gasteiger partial charge in [-0.2, -0.15) is 0 Å². The van der Waals surface area contributed by atoms with Gasteiger partial charge in [0.05, 0.1) is 18.3 Å². The predicted octanol–water partition coefficient (Wildman–Crippen LogP) is 4.26. The van der Waals surface area contributed by atoms with Crippen LogP contribution in [0.25, 0.3) is 0 Å². The van der Waals surface area contributed by atoms with Gasteiger partial charge in [0.2, 0.25) is 0 Å². The molecule has 0 unspecified atom stereocenters. The van der Waals surface area contributed by atoms with Crippen LogP contribution in [0, 0.1) is 0 Å². The highest BCUT2D eigenvalue weighted by atomic mass is 16.5. The predicted molar refractivity (Wildman–Crippen MR) is 98.4 cm³/mol. The van der Waals surface area contributed by atoms with Gasteiger partial charge in [0.1, 0.15) is 12.4 Å². The number of hydrogen-bond donors (Lipinski definition) is 1. The van der Waals surface area contributed by atoms with E-state index in [1.165, 1.54) is 11.1 Å². The lowest BCUT2D eigenvalue weighted by molar-refractivity contribution is 0.303. The van der Waals surface area contributed by atoms with Crippen molar-refractivity contribution in [2.75, 3.05) is 23.8 Å². The van der Waals surface area contributed by atoms with Crippen LogP contribution in [0.4, 0.5) is 11.4 Å². The summed E-state index contributed by atoms with van der Waals surface area (Å²) in [4.78, 5) is 2.41. The average Bonchev–Trinajstić information content (AvgIpc) is 2.64. The van der Waals surface area contributed by atoms with Crippen LogP contribution in [0.2, 0.25) is 0 Å². The van der Waals surface area contributed by atoms with Crippen molar-refractivity contribution in [1.82, 2.24) is 0 Å². The molecule has 1 aliphatic heterocycles. The van der Waals surface area contributed by atoms with Gasteiger partial charge in [-0.25, -0.2) is 0 Å². The van der Waals surface area contributed by atoms with Crippen LogP contribution < -0.4 is 15.4 Å². The zero-order valence-electron chi connectivity index (χ0n) is 13.4. The smallest absolute Gasteiger partial charge is 0.144 e. The Morgan fingerprint density at radius 2 is 1.46 bits per heavy atom. The molecule has 0 saturated heterocycles. The molecule has 0 aliphatic carbocycles. The maximum atomic E-state index is 5.93. The van der Waals surface area contributed by atoms with Gasteiger partial charge in [-0.1, -0.05) is 60.7 Å². The summed E-state index contributed by atoms with van der Waals surface area (Å²) in [6, 6.07) is 27.3. The van der Waals surface area contributed by atoms with Crippen molar-refractivity contribution in [3.8, 4) is 5.75 Å². The topological polar surface area (TPSA) is 38.5 Å². The Kier molecular flexibility index (Phi) is 3.83. The number of nitrogen functional groups attached to an aromatic ring is 1. The van der Waals surface area contributed by atoms with E-state index in [2.05, 4.69) is 71.6 Å². The first-order valence-corrected chi connectivity index (χ1v) is 8.22. The highest BCUT2D eigenvalue weighted by Gasteiger charge is 2.27. The van der Waals surface area contributed by atoms with Crippen LogP contribution in [0.3, 0.4) is 0 Å². The summed E-state index contributed by atoms with van der Waals surface area (Å²) in [5, 5.41) is 0. The van der Waals surface area contributed by atoms with Gasteiger partial charge in [0.15, 0.2) is 0 Å². The number of rotatable bonds is 3. The summed E-state index contributed by atoms with van der Waals surface area (Å²) < 4.78 is 5.83. The fraction of sp³-hybridized carbons (Fsp3) is 0.143. The molecule has 3 heteroatoms. The number of nitrogens with two attached hydrogens (primary N) is 1. The normalized spacial score (nSPS) is 13.5. The monoisotopic (exact) mass is 316 g/mol. The molecule has 3 aromatic rings. The molecule has 0 bridgehead atoms. The van der Waals surface area contributed by atoms with E-state index in [-0.39, 0.29) is 6.04 Å². The maximum Gasteiger partial charge on any atom is 0.144 e. The quantitative estimate of drug-likeness (QED) is 0.734. The lowest BCUT2D eigenvalue weighted by Gasteiger charge is -2.38. The van der Waals surface area contributed by atoms with Gasteiger partial charge in [0.25, 0.3) is 0 Å². The van der Waals surface area contributed by atoms with Crippen LogP contribution in [-0.4, -0.2) is 13.2 Å². The van der Waals surface area contributed by atoms with Crippen LogP contribution in [0.15, 0.2) is 78.9 Å². The highest BCUT2D eigenvalue weighted by molar-refractivity contribution is 5.67. The Bertz CT molecular complexity index is 778. The molecular weight excluding hydrogens is 296 g/mol. The van der Waals surface area contributed by atoms with Crippen molar-refractivity contribution in [2.24, 2.45) is 0 Å². The summed E-state index contributed by atoms with van der Waals surface area (Å²) in [6.07, 6.45) is 0. The van der Waals surface area contributed by atoms with Gasteiger partial charge in [-0.3, -0.25) is 0 Å². The van der Waals surface area contributed by atoms with Crippen molar-refractivity contribution >= 4 is 11.4 Å². The van der Waals surface area contributed by atoms with E-state index in [1.807, 2.05) is 12.1 Å². The molecule has 24 heavy (non-hydrogen) atoms. The zero-order chi connectivity index (χ0) is 16.4. The van der Waals surface area contributed by atoms with Gasteiger partial charge >= 0.3 is 0 Å². The van der Waals surface area contributed by atoms with E-state index in [4.69, 9.17) is 10.5 Å². The van der Waals surface area contributed by atoms with E-state index >= 15 is 0 Å². The molecule has 3 aromatic carbocycles. The number of anilines is 2. The van der Waals surface area contributed by atoms with Crippen molar-refractivity contribution in [3.05, 3.63) is 90.0 Å². The SMILES string of the molecule is Nc1ccc2c(c1)OCCN2C(c1ccccc1)c1ccccc1. The number of benzene rings is 3. The summed E-state index contributed by atoms with van der Waals surface area (Å²) in [5.74, 6) is 0.859. The minimum atomic E-state index is 0.152. The molecule has 2 N–H and O–H groups in total. The standard InChI is InChI=1S/C21H20N2O/c22-18-11-12-19-20(15-18)24-14-13-23(19)21(16-7-3-1-4-8-16)17-9-5-2-6-10-17/h1-12,15,21H,13-14,22H2. The van der Waals surface area contributed by atoms with Crippen LogP contribution >= 0.6 is 0 Å². The number of hydrogen-bond acceptors (Lipinski definition) is 3. The van der Waals surface area contributed by atoms with Crippen molar-refractivity contribution in [3.63, 3.8) is 0 Å². The lowest BCUT2D eigenvalue weighted by atomic mass is 9.96. The van der Waals surface area contributed by atoms with E-state index in [0.717, 1.165) is 23.7 Å². The zero-order valence-corrected chi connectivity index (χ0v) is 13.4. The fourth-order valence-electron chi connectivity index (χ4n) is 3.35. The van der Waals surface area contributed by atoms with Gasteiger partial charge in [-0.05, 0) is 23.3 Å². The Morgan fingerprint density at radius 3 is 2.08 bits per heavy atom. The van der Waals surface area contributed by atoms with Crippen LogP contribution in [-0.2, 0) is 0 Å². The molecular formula is C21H20N2O. The first kappa shape index (κ1) is 14.6. The van der Waals surface area contributed by atoms with E-state index in [1.54, 1.807) is 0 Å². The Labute approximate surface area is 142 Å².